The van der Waals surface area contributed by atoms with Gasteiger partial charge in [-0.05, 0) is 49.1 Å². The molecule has 2 aromatic rings. The zero-order chi connectivity index (χ0) is 14.5. The fraction of sp³-hybridized carbons (Fsp3) is 0.353. The number of pyridine rings is 1. The van der Waals surface area contributed by atoms with E-state index in [4.69, 9.17) is 5.73 Å². The van der Waals surface area contributed by atoms with Gasteiger partial charge in [0.05, 0.1) is 5.03 Å². The minimum Gasteiger partial charge on any atom is -0.323 e. The van der Waals surface area contributed by atoms with Crippen molar-refractivity contribution < 1.29 is 0 Å². The third kappa shape index (κ3) is 4.09. The Bertz CT molecular complexity index is 543. The quantitative estimate of drug-likeness (QED) is 0.843. The van der Waals surface area contributed by atoms with Crippen LogP contribution >= 0.6 is 11.8 Å². The second-order valence-corrected chi connectivity index (χ2v) is 6.18. The highest BCUT2D eigenvalue weighted by atomic mass is 32.2. The maximum Gasteiger partial charge on any atom is 0.0966 e. The summed E-state index contributed by atoms with van der Waals surface area (Å²) >= 11 is 1.73. The standard InChI is InChI=1S/C17H22N2S/c1-4-14-5-7-15(8-6-14)16(18)11-20-17-10-12(2)9-13(3)19-17/h5-10,16H,4,11,18H2,1-3H3. The van der Waals surface area contributed by atoms with E-state index < -0.39 is 0 Å². The van der Waals surface area contributed by atoms with Crippen LogP contribution in [0.5, 0.6) is 0 Å². The number of hydrogen-bond acceptors (Lipinski definition) is 3. The summed E-state index contributed by atoms with van der Waals surface area (Å²) in [6.07, 6.45) is 1.07. The molecule has 0 radical (unpaired) electrons. The van der Waals surface area contributed by atoms with Crippen LogP contribution in [0.2, 0.25) is 0 Å². The largest absolute Gasteiger partial charge is 0.323 e. The van der Waals surface area contributed by atoms with Gasteiger partial charge in [0.1, 0.15) is 0 Å². The lowest BCUT2D eigenvalue weighted by Gasteiger charge is -2.12. The van der Waals surface area contributed by atoms with Crippen molar-refractivity contribution in [2.75, 3.05) is 5.75 Å². The van der Waals surface area contributed by atoms with Gasteiger partial charge in [-0.2, -0.15) is 0 Å². The Morgan fingerprint density at radius 3 is 2.45 bits per heavy atom. The Hall–Kier alpha value is -1.32. The number of benzene rings is 1. The van der Waals surface area contributed by atoms with Crippen LogP contribution in [0.25, 0.3) is 0 Å². The number of nitrogens with two attached hydrogens (primary N) is 1. The summed E-state index contributed by atoms with van der Waals surface area (Å²) < 4.78 is 0. The third-order valence-electron chi connectivity index (χ3n) is 3.30. The molecular formula is C17H22N2S. The first-order valence-electron chi connectivity index (χ1n) is 7.01. The molecule has 20 heavy (non-hydrogen) atoms. The Morgan fingerprint density at radius 1 is 1.15 bits per heavy atom. The molecule has 2 nitrogen and oxygen atoms in total. The van der Waals surface area contributed by atoms with E-state index in [0.717, 1.165) is 22.9 Å². The van der Waals surface area contributed by atoms with Crippen LogP contribution in [0.15, 0.2) is 41.4 Å². The molecular weight excluding hydrogens is 264 g/mol. The van der Waals surface area contributed by atoms with E-state index in [2.05, 4.69) is 55.2 Å². The molecule has 0 aliphatic rings. The molecule has 1 aromatic carbocycles. The molecule has 0 saturated carbocycles. The number of aryl methyl sites for hydroxylation is 3. The van der Waals surface area contributed by atoms with Gasteiger partial charge >= 0.3 is 0 Å². The Kier molecular flexibility index (Phi) is 5.21. The first-order chi connectivity index (χ1) is 9.58. The van der Waals surface area contributed by atoms with Crippen molar-refractivity contribution in [2.45, 2.75) is 38.3 Å². The summed E-state index contributed by atoms with van der Waals surface area (Å²) in [7, 11) is 0. The molecule has 0 saturated heterocycles. The van der Waals surface area contributed by atoms with Gasteiger partial charge in [-0.3, -0.25) is 0 Å². The van der Waals surface area contributed by atoms with Gasteiger partial charge in [0.15, 0.2) is 0 Å². The van der Waals surface area contributed by atoms with Crippen LogP contribution in [-0.4, -0.2) is 10.7 Å². The predicted octanol–water partition coefficient (Wildman–Crippen LogP) is 4.05. The van der Waals surface area contributed by atoms with Gasteiger partial charge < -0.3 is 5.73 Å². The van der Waals surface area contributed by atoms with Gasteiger partial charge in [-0.15, -0.1) is 11.8 Å². The van der Waals surface area contributed by atoms with E-state index in [-0.39, 0.29) is 6.04 Å². The van der Waals surface area contributed by atoms with Crippen molar-refractivity contribution in [1.29, 1.82) is 0 Å². The van der Waals surface area contributed by atoms with Crippen molar-refractivity contribution in [3.63, 3.8) is 0 Å². The van der Waals surface area contributed by atoms with Crippen LogP contribution in [0.3, 0.4) is 0 Å². The highest BCUT2D eigenvalue weighted by Crippen LogP contribution is 2.23. The average Bonchev–Trinajstić information content (AvgIpc) is 2.44. The van der Waals surface area contributed by atoms with E-state index >= 15 is 0 Å². The van der Waals surface area contributed by atoms with Crippen molar-refractivity contribution in [2.24, 2.45) is 5.73 Å². The van der Waals surface area contributed by atoms with Crippen molar-refractivity contribution >= 4 is 11.8 Å². The van der Waals surface area contributed by atoms with E-state index in [9.17, 15) is 0 Å². The summed E-state index contributed by atoms with van der Waals surface area (Å²) in [5.41, 5.74) is 11.1. The summed E-state index contributed by atoms with van der Waals surface area (Å²) in [6, 6.07) is 12.9. The van der Waals surface area contributed by atoms with Crippen LogP contribution in [0, 0.1) is 13.8 Å². The molecule has 0 bridgehead atoms. The minimum atomic E-state index is 0.0496. The van der Waals surface area contributed by atoms with Crippen LogP contribution in [-0.2, 0) is 6.42 Å². The molecule has 1 aromatic heterocycles. The highest BCUT2D eigenvalue weighted by Gasteiger charge is 2.08. The smallest absolute Gasteiger partial charge is 0.0966 e. The second kappa shape index (κ2) is 6.91. The lowest BCUT2D eigenvalue weighted by molar-refractivity contribution is 0.828. The molecule has 3 heteroatoms. The molecule has 2 N–H and O–H groups in total. The van der Waals surface area contributed by atoms with E-state index in [1.54, 1.807) is 11.8 Å². The van der Waals surface area contributed by atoms with Gasteiger partial charge in [0.2, 0.25) is 0 Å². The summed E-state index contributed by atoms with van der Waals surface area (Å²) in [4.78, 5) is 4.53. The lowest BCUT2D eigenvalue weighted by Crippen LogP contribution is -2.13. The van der Waals surface area contributed by atoms with Crippen LogP contribution < -0.4 is 5.73 Å². The van der Waals surface area contributed by atoms with Gasteiger partial charge in [0, 0.05) is 17.5 Å². The summed E-state index contributed by atoms with van der Waals surface area (Å²) in [6.45, 7) is 6.29. The third-order valence-corrected chi connectivity index (χ3v) is 4.33. The summed E-state index contributed by atoms with van der Waals surface area (Å²) in [5, 5.41) is 1.06. The average molecular weight is 286 g/mol. The first-order valence-corrected chi connectivity index (χ1v) is 7.99. The number of rotatable bonds is 5. The molecule has 1 atom stereocenters. The van der Waals surface area contributed by atoms with Gasteiger partial charge in [-0.1, -0.05) is 31.2 Å². The zero-order valence-corrected chi connectivity index (χ0v) is 13.2. The Morgan fingerprint density at radius 2 is 1.85 bits per heavy atom. The highest BCUT2D eigenvalue weighted by molar-refractivity contribution is 7.99. The van der Waals surface area contributed by atoms with Crippen molar-refractivity contribution in [3.05, 3.63) is 58.8 Å². The number of aromatic nitrogens is 1. The molecule has 0 fully saturated rings. The predicted molar refractivity (Wildman–Crippen MR) is 87.2 cm³/mol. The van der Waals surface area contributed by atoms with E-state index in [1.807, 2.05) is 6.92 Å². The van der Waals surface area contributed by atoms with Crippen molar-refractivity contribution in [1.82, 2.24) is 4.98 Å². The molecule has 0 spiro atoms. The molecule has 106 valence electrons. The van der Waals surface area contributed by atoms with E-state index in [1.165, 1.54) is 16.7 Å². The maximum atomic E-state index is 6.26. The molecule has 1 unspecified atom stereocenters. The van der Waals surface area contributed by atoms with Crippen LogP contribution in [0.4, 0.5) is 0 Å². The van der Waals surface area contributed by atoms with Crippen LogP contribution in [0.1, 0.15) is 35.3 Å². The fourth-order valence-corrected chi connectivity index (χ4v) is 3.17. The fourth-order valence-electron chi connectivity index (χ4n) is 2.15. The first kappa shape index (κ1) is 15.1. The lowest BCUT2D eigenvalue weighted by atomic mass is 10.1. The van der Waals surface area contributed by atoms with Gasteiger partial charge in [0.25, 0.3) is 0 Å². The van der Waals surface area contributed by atoms with Crippen molar-refractivity contribution in [3.8, 4) is 0 Å². The molecule has 0 aliphatic heterocycles. The molecule has 0 amide bonds. The number of nitrogens with zero attached hydrogens (tertiary/aromatic N) is 1. The monoisotopic (exact) mass is 286 g/mol. The second-order valence-electron chi connectivity index (χ2n) is 5.14. The maximum absolute atomic E-state index is 6.26. The number of thioether (sulfide) groups is 1. The zero-order valence-electron chi connectivity index (χ0n) is 12.4. The topological polar surface area (TPSA) is 38.9 Å². The summed E-state index contributed by atoms with van der Waals surface area (Å²) in [5.74, 6) is 0.849. The molecule has 0 aliphatic carbocycles. The number of hydrogen-bond donors (Lipinski definition) is 1. The SMILES string of the molecule is CCc1ccc(C(N)CSc2cc(C)cc(C)n2)cc1. The normalized spacial score (nSPS) is 12.4. The minimum absolute atomic E-state index is 0.0496. The Labute approximate surface area is 125 Å². The Balaban J connectivity index is 1.98. The molecule has 2 rings (SSSR count). The van der Waals surface area contributed by atoms with E-state index in [0.29, 0.717) is 0 Å². The van der Waals surface area contributed by atoms with Gasteiger partial charge in [-0.25, -0.2) is 4.98 Å². The molecule has 1 heterocycles.